The molecule has 108 valence electrons. The van der Waals surface area contributed by atoms with Crippen molar-refractivity contribution in [3.05, 3.63) is 52.4 Å². The number of benzene rings is 1. The van der Waals surface area contributed by atoms with Crippen LogP contribution >= 0.6 is 22.9 Å². The molecule has 0 aliphatic carbocycles. The maximum Gasteiger partial charge on any atom is 0.257 e. The molecule has 3 rings (SSSR count). The summed E-state index contributed by atoms with van der Waals surface area (Å²) in [6.45, 7) is 1.75. The van der Waals surface area contributed by atoms with Crippen molar-refractivity contribution in [1.82, 2.24) is 10.2 Å². The summed E-state index contributed by atoms with van der Waals surface area (Å²) in [7, 11) is 0. The van der Waals surface area contributed by atoms with Crippen LogP contribution in [-0.2, 0) is 0 Å². The minimum Gasteiger partial charge on any atom is -0.481 e. The first-order chi connectivity index (χ1) is 10.1. The molecule has 2 aromatic heterocycles. The monoisotopic (exact) mass is 324 g/mol. The Morgan fingerprint density at radius 1 is 1.33 bits per heavy atom. The van der Waals surface area contributed by atoms with Crippen LogP contribution in [0.25, 0.3) is 10.8 Å². The summed E-state index contributed by atoms with van der Waals surface area (Å²) < 4.78 is 24.5. The van der Waals surface area contributed by atoms with E-state index in [9.17, 15) is 4.39 Å². The molecular formula is C14H10ClFN2O2S. The third-order valence-electron chi connectivity index (χ3n) is 2.72. The van der Waals surface area contributed by atoms with Gasteiger partial charge >= 0.3 is 0 Å². The molecule has 3 aromatic rings. The number of nitrogens with zero attached hydrogens (tertiary/aromatic N) is 2. The van der Waals surface area contributed by atoms with Gasteiger partial charge in [-0.15, -0.1) is 21.5 Å². The zero-order valence-electron chi connectivity index (χ0n) is 10.9. The topological polar surface area (TPSA) is 48.2 Å². The van der Waals surface area contributed by atoms with Crippen molar-refractivity contribution in [2.75, 3.05) is 0 Å². The summed E-state index contributed by atoms with van der Waals surface area (Å²) in [5.74, 6) is 0.581. The first-order valence-corrected chi connectivity index (χ1v) is 7.38. The van der Waals surface area contributed by atoms with Crippen LogP contribution in [0, 0.1) is 5.82 Å². The Morgan fingerprint density at radius 3 is 2.90 bits per heavy atom. The van der Waals surface area contributed by atoms with Gasteiger partial charge in [0.15, 0.2) is 6.10 Å². The predicted octanol–water partition coefficient (Wildman–Crippen LogP) is 4.73. The van der Waals surface area contributed by atoms with E-state index in [2.05, 4.69) is 10.2 Å². The van der Waals surface area contributed by atoms with E-state index in [0.29, 0.717) is 17.5 Å². The lowest BCUT2D eigenvalue weighted by molar-refractivity contribution is 0.189. The van der Waals surface area contributed by atoms with Crippen molar-refractivity contribution >= 4 is 22.9 Å². The molecule has 0 radical (unpaired) electrons. The maximum atomic E-state index is 13.4. The van der Waals surface area contributed by atoms with Gasteiger partial charge in [0, 0.05) is 6.07 Å². The smallest absolute Gasteiger partial charge is 0.257 e. The number of ether oxygens (including phenoxy) is 1. The molecular weight excluding hydrogens is 315 g/mol. The molecule has 0 aliphatic heterocycles. The fourth-order valence-electron chi connectivity index (χ4n) is 1.70. The summed E-state index contributed by atoms with van der Waals surface area (Å²) in [6, 6.07) is 8.03. The zero-order valence-corrected chi connectivity index (χ0v) is 12.5. The molecule has 1 unspecified atom stereocenters. The van der Waals surface area contributed by atoms with E-state index in [1.54, 1.807) is 13.0 Å². The molecule has 7 heteroatoms. The van der Waals surface area contributed by atoms with Crippen LogP contribution in [0.4, 0.5) is 4.39 Å². The normalized spacial score (nSPS) is 12.3. The fraction of sp³-hybridized carbons (Fsp3) is 0.143. The van der Waals surface area contributed by atoms with Gasteiger partial charge in [-0.1, -0.05) is 17.7 Å². The molecule has 0 saturated heterocycles. The van der Waals surface area contributed by atoms with Crippen molar-refractivity contribution < 1.29 is 13.5 Å². The number of hydrogen-bond acceptors (Lipinski definition) is 5. The third-order valence-corrected chi connectivity index (χ3v) is 3.89. The second-order valence-corrected chi connectivity index (χ2v) is 5.61. The first-order valence-electron chi connectivity index (χ1n) is 6.12. The van der Waals surface area contributed by atoms with Crippen LogP contribution in [0.3, 0.4) is 0 Å². The largest absolute Gasteiger partial charge is 0.481 e. The summed E-state index contributed by atoms with van der Waals surface area (Å²) >= 11 is 7.13. The van der Waals surface area contributed by atoms with Gasteiger partial charge in [-0.3, -0.25) is 0 Å². The van der Waals surface area contributed by atoms with Gasteiger partial charge in [0.05, 0.1) is 9.90 Å². The Hall–Kier alpha value is -1.92. The van der Waals surface area contributed by atoms with Gasteiger partial charge in [0.25, 0.3) is 11.8 Å². The average molecular weight is 325 g/mol. The average Bonchev–Trinajstić information content (AvgIpc) is 3.12. The Bertz CT molecular complexity index is 745. The van der Waals surface area contributed by atoms with Crippen molar-refractivity contribution in [2.24, 2.45) is 0 Å². The van der Waals surface area contributed by atoms with Gasteiger partial charge in [0.1, 0.15) is 11.6 Å². The number of thiophene rings is 1. The Morgan fingerprint density at radius 2 is 2.19 bits per heavy atom. The van der Waals surface area contributed by atoms with E-state index >= 15 is 0 Å². The maximum absolute atomic E-state index is 13.4. The molecule has 0 N–H and O–H groups in total. The summed E-state index contributed by atoms with van der Waals surface area (Å²) in [5.41, 5.74) is 0. The van der Waals surface area contributed by atoms with Crippen LogP contribution in [0.2, 0.25) is 5.02 Å². The highest BCUT2D eigenvalue weighted by atomic mass is 35.5. The van der Waals surface area contributed by atoms with Gasteiger partial charge in [-0.05, 0) is 30.5 Å². The van der Waals surface area contributed by atoms with Gasteiger partial charge < -0.3 is 9.15 Å². The predicted molar refractivity (Wildman–Crippen MR) is 78.1 cm³/mol. The van der Waals surface area contributed by atoms with Crippen LogP contribution in [0.1, 0.15) is 18.9 Å². The van der Waals surface area contributed by atoms with E-state index < -0.39 is 11.9 Å². The molecule has 1 aromatic carbocycles. The quantitative estimate of drug-likeness (QED) is 0.696. The van der Waals surface area contributed by atoms with Crippen LogP contribution in [0.15, 0.2) is 40.1 Å². The lowest BCUT2D eigenvalue weighted by Gasteiger charge is -2.11. The number of aromatic nitrogens is 2. The molecule has 0 bridgehead atoms. The number of hydrogen-bond donors (Lipinski definition) is 0. The minimum atomic E-state index is -0.536. The Kier molecular flexibility index (Phi) is 3.90. The zero-order chi connectivity index (χ0) is 14.8. The third kappa shape index (κ3) is 3.06. The summed E-state index contributed by atoms with van der Waals surface area (Å²) in [4.78, 5) is 0.887. The SMILES string of the molecule is CC(Oc1ccc(Cl)c(F)c1)c1nnc(-c2cccs2)o1. The molecule has 0 amide bonds. The summed E-state index contributed by atoms with van der Waals surface area (Å²) in [6.07, 6.45) is -0.494. The van der Waals surface area contributed by atoms with E-state index in [4.69, 9.17) is 20.8 Å². The Balaban J connectivity index is 1.76. The first kappa shape index (κ1) is 14.0. The summed E-state index contributed by atoms with van der Waals surface area (Å²) in [5, 5.41) is 9.90. The molecule has 4 nitrogen and oxygen atoms in total. The van der Waals surface area contributed by atoms with E-state index in [1.807, 2.05) is 17.5 Å². The fourth-order valence-corrected chi connectivity index (χ4v) is 2.47. The minimum absolute atomic E-state index is 0.0489. The molecule has 0 fully saturated rings. The lowest BCUT2D eigenvalue weighted by atomic mass is 10.3. The van der Waals surface area contributed by atoms with Crippen LogP contribution < -0.4 is 4.74 Å². The molecule has 0 spiro atoms. The van der Waals surface area contributed by atoms with Gasteiger partial charge in [0.2, 0.25) is 0 Å². The van der Waals surface area contributed by atoms with Gasteiger partial charge in [-0.25, -0.2) is 4.39 Å². The molecule has 21 heavy (non-hydrogen) atoms. The second kappa shape index (κ2) is 5.83. The van der Waals surface area contributed by atoms with Crippen molar-refractivity contribution in [3.63, 3.8) is 0 Å². The molecule has 1 atom stereocenters. The van der Waals surface area contributed by atoms with Crippen molar-refractivity contribution in [3.8, 4) is 16.5 Å². The van der Waals surface area contributed by atoms with Crippen LogP contribution in [0.5, 0.6) is 5.75 Å². The van der Waals surface area contributed by atoms with Gasteiger partial charge in [-0.2, -0.15) is 0 Å². The second-order valence-electron chi connectivity index (χ2n) is 4.26. The molecule has 0 aliphatic rings. The van der Waals surface area contributed by atoms with E-state index in [-0.39, 0.29) is 5.02 Å². The highest BCUT2D eigenvalue weighted by molar-refractivity contribution is 7.13. The number of rotatable bonds is 4. The van der Waals surface area contributed by atoms with Crippen LogP contribution in [-0.4, -0.2) is 10.2 Å². The highest BCUT2D eigenvalue weighted by Gasteiger charge is 2.17. The van der Waals surface area contributed by atoms with E-state index in [0.717, 1.165) is 4.88 Å². The van der Waals surface area contributed by atoms with E-state index in [1.165, 1.54) is 23.5 Å². The lowest BCUT2D eigenvalue weighted by Crippen LogP contribution is -2.03. The van der Waals surface area contributed by atoms with Crippen molar-refractivity contribution in [1.29, 1.82) is 0 Å². The van der Waals surface area contributed by atoms with Crippen molar-refractivity contribution in [2.45, 2.75) is 13.0 Å². The Labute approximate surface area is 129 Å². The molecule has 0 saturated carbocycles. The molecule has 2 heterocycles. The number of halogens is 2. The highest BCUT2D eigenvalue weighted by Crippen LogP contribution is 2.28. The standard InChI is InChI=1S/C14H10ClFN2O2S/c1-8(19-9-4-5-10(15)11(16)7-9)13-17-18-14(20-13)12-3-2-6-21-12/h2-8H,1H3.